The van der Waals surface area contributed by atoms with Gasteiger partial charge in [-0.15, -0.1) is 12.4 Å². The highest BCUT2D eigenvalue weighted by Crippen LogP contribution is 2.61. The number of fused-ring (bicyclic) bond motifs is 2. The summed E-state index contributed by atoms with van der Waals surface area (Å²) in [6, 6.07) is 0.273. The minimum atomic E-state index is -0.0276. The van der Waals surface area contributed by atoms with E-state index >= 15 is 0 Å². The number of nitrogens with two attached hydrogens (primary N) is 3. The zero-order valence-electron chi connectivity index (χ0n) is 11.3. The maximum absolute atomic E-state index is 5.70. The van der Waals surface area contributed by atoms with Crippen molar-refractivity contribution >= 4 is 24.3 Å². The van der Waals surface area contributed by atoms with E-state index in [2.05, 4.69) is 30.8 Å². The molecule has 4 atom stereocenters. The third kappa shape index (κ3) is 2.41. The van der Waals surface area contributed by atoms with Crippen molar-refractivity contribution in [3.8, 4) is 0 Å². The molecule has 0 amide bonds. The van der Waals surface area contributed by atoms with E-state index in [9.17, 15) is 0 Å². The summed E-state index contributed by atoms with van der Waals surface area (Å²) >= 11 is 0. The highest BCUT2D eigenvalue weighted by molar-refractivity contribution is 5.92. The summed E-state index contributed by atoms with van der Waals surface area (Å²) in [5, 5.41) is 0. The largest absolute Gasteiger partial charge is 0.370 e. The highest BCUT2D eigenvalue weighted by Gasteiger charge is 2.56. The molecule has 0 radical (unpaired) electrons. The maximum Gasteiger partial charge on any atom is 0.218 e. The maximum atomic E-state index is 5.70. The zero-order valence-corrected chi connectivity index (χ0v) is 12.1. The van der Waals surface area contributed by atoms with Crippen LogP contribution in [0.5, 0.6) is 0 Å². The summed E-state index contributed by atoms with van der Waals surface area (Å²) in [5.41, 5.74) is 16.7. The molecule has 0 aromatic rings. The highest BCUT2D eigenvalue weighted by atomic mass is 35.5. The van der Waals surface area contributed by atoms with Crippen molar-refractivity contribution in [2.45, 2.75) is 39.7 Å². The molecular formula is C12H24ClN5. The van der Waals surface area contributed by atoms with Gasteiger partial charge in [-0.05, 0) is 36.0 Å². The van der Waals surface area contributed by atoms with Gasteiger partial charge in [0.05, 0.1) is 6.04 Å². The van der Waals surface area contributed by atoms with Gasteiger partial charge in [0.15, 0.2) is 5.96 Å². The van der Waals surface area contributed by atoms with Gasteiger partial charge < -0.3 is 17.2 Å². The lowest BCUT2D eigenvalue weighted by Crippen LogP contribution is -2.56. The summed E-state index contributed by atoms with van der Waals surface area (Å²) in [7, 11) is 0. The molecule has 0 saturated heterocycles. The summed E-state index contributed by atoms with van der Waals surface area (Å²) in [6.45, 7) is 6.99. The van der Waals surface area contributed by atoms with Gasteiger partial charge >= 0.3 is 0 Å². The van der Waals surface area contributed by atoms with Gasteiger partial charge in [0.2, 0.25) is 5.96 Å². The SMILES string of the molecule is C[C@@H]1[C@H]2C[C@H](C[C@H]1N=C(N)N=C(N)N)C2(C)C.Cl. The Balaban J connectivity index is 0.00000162. The first-order chi connectivity index (χ1) is 7.82. The second kappa shape index (κ2) is 4.96. The molecule has 5 nitrogen and oxygen atoms in total. The predicted molar refractivity (Wildman–Crippen MR) is 77.6 cm³/mol. The quantitative estimate of drug-likeness (QED) is 0.492. The molecule has 3 saturated carbocycles. The van der Waals surface area contributed by atoms with Gasteiger partial charge in [-0.25, -0.2) is 4.99 Å². The predicted octanol–water partition coefficient (Wildman–Crippen LogP) is 1.07. The van der Waals surface area contributed by atoms with Crippen LogP contribution in [-0.2, 0) is 0 Å². The molecule has 0 unspecified atom stereocenters. The first kappa shape index (κ1) is 15.1. The van der Waals surface area contributed by atoms with Crippen LogP contribution in [-0.4, -0.2) is 18.0 Å². The van der Waals surface area contributed by atoms with Crippen LogP contribution >= 0.6 is 12.4 Å². The summed E-state index contributed by atoms with van der Waals surface area (Å²) in [5.74, 6) is 2.26. The lowest BCUT2D eigenvalue weighted by atomic mass is 9.45. The van der Waals surface area contributed by atoms with Crippen molar-refractivity contribution in [1.82, 2.24) is 0 Å². The van der Waals surface area contributed by atoms with Gasteiger partial charge in [0.1, 0.15) is 0 Å². The fourth-order valence-electron chi connectivity index (χ4n) is 3.62. The topological polar surface area (TPSA) is 103 Å². The van der Waals surface area contributed by atoms with Crippen LogP contribution in [0.2, 0.25) is 0 Å². The average Bonchev–Trinajstić information content (AvgIpc) is 2.18. The van der Waals surface area contributed by atoms with Crippen molar-refractivity contribution in [1.29, 1.82) is 0 Å². The molecule has 0 aromatic heterocycles. The van der Waals surface area contributed by atoms with E-state index in [1.165, 1.54) is 6.42 Å². The number of nitrogens with zero attached hydrogens (tertiary/aromatic N) is 2. The standard InChI is InChI=1S/C12H23N5.ClH/c1-6-8-4-7(12(8,2)3)5-9(6)16-11(15)17-10(13)14;/h6-9H,4-5H2,1-3H3,(H6,13,14,15,16,17);1H/t6-,7-,8-,9-;/m1./s1. The lowest BCUT2D eigenvalue weighted by Gasteiger charge is -2.61. The van der Waals surface area contributed by atoms with Crippen LogP contribution in [0.15, 0.2) is 9.98 Å². The number of hydrogen-bond donors (Lipinski definition) is 3. The summed E-state index contributed by atoms with van der Waals surface area (Å²) in [4.78, 5) is 8.23. The smallest absolute Gasteiger partial charge is 0.218 e. The van der Waals surface area contributed by atoms with Gasteiger partial charge in [-0.3, -0.25) is 0 Å². The second-order valence-electron chi connectivity index (χ2n) is 6.05. The Labute approximate surface area is 115 Å². The van der Waals surface area contributed by atoms with Gasteiger partial charge in [0.25, 0.3) is 0 Å². The number of hydrogen-bond acceptors (Lipinski definition) is 1. The van der Waals surface area contributed by atoms with Crippen LogP contribution in [0.25, 0.3) is 0 Å². The summed E-state index contributed by atoms with van der Waals surface area (Å²) < 4.78 is 0. The lowest BCUT2D eigenvalue weighted by molar-refractivity contribution is -0.108. The molecule has 2 bridgehead atoms. The molecule has 3 aliphatic rings. The zero-order chi connectivity index (χ0) is 12.8. The van der Waals surface area contributed by atoms with Crippen molar-refractivity contribution in [3.05, 3.63) is 0 Å². The van der Waals surface area contributed by atoms with Crippen molar-refractivity contribution in [2.24, 2.45) is 50.4 Å². The van der Waals surface area contributed by atoms with E-state index in [0.717, 1.165) is 18.3 Å². The van der Waals surface area contributed by atoms with Crippen LogP contribution in [0.4, 0.5) is 0 Å². The minimum absolute atomic E-state index is 0. The Hall–Kier alpha value is -0.970. The van der Waals surface area contributed by atoms with E-state index in [1.54, 1.807) is 0 Å². The van der Waals surface area contributed by atoms with Crippen LogP contribution in [0.3, 0.4) is 0 Å². The first-order valence-corrected chi connectivity index (χ1v) is 6.25. The van der Waals surface area contributed by atoms with E-state index in [4.69, 9.17) is 17.2 Å². The van der Waals surface area contributed by atoms with E-state index in [0.29, 0.717) is 11.3 Å². The Morgan fingerprint density at radius 3 is 2.22 bits per heavy atom. The molecular weight excluding hydrogens is 250 g/mol. The first-order valence-electron chi connectivity index (χ1n) is 6.25. The Bertz CT molecular complexity index is 373. The Kier molecular flexibility index (Phi) is 4.15. The molecule has 0 heterocycles. The number of rotatable bonds is 1. The third-order valence-corrected chi connectivity index (χ3v) is 4.86. The Morgan fingerprint density at radius 1 is 1.17 bits per heavy atom. The fraction of sp³-hybridized carbons (Fsp3) is 0.833. The van der Waals surface area contributed by atoms with E-state index < -0.39 is 0 Å². The normalized spacial score (nSPS) is 37.2. The molecule has 3 rings (SSSR count). The molecule has 0 spiro atoms. The molecule has 6 heteroatoms. The summed E-state index contributed by atoms with van der Waals surface area (Å²) in [6.07, 6.45) is 2.44. The number of halogens is 1. The average molecular weight is 274 g/mol. The van der Waals surface area contributed by atoms with Gasteiger partial charge in [0, 0.05) is 0 Å². The Morgan fingerprint density at radius 2 is 1.78 bits per heavy atom. The molecule has 0 aromatic carbocycles. The van der Waals surface area contributed by atoms with Crippen molar-refractivity contribution < 1.29 is 0 Å². The van der Waals surface area contributed by atoms with E-state index in [1.807, 2.05) is 0 Å². The van der Waals surface area contributed by atoms with Gasteiger partial charge in [-0.2, -0.15) is 4.99 Å². The van der Waals surface area contributed by atoms with Crippen molar-refractivity contribution in [2.75, 3.05) is 0 Å². The second-order valence-corrected chi connectivity index (χ2v) is 6.05. The fourth-order valence-corrected chi connectivity index (χ4v) is 3.62. The molecule has 3 fully saturated rings. The molecule has 6 N–H and O–H groups in total. The number of guanidine groups is 2. The molecule has 0 aliphatic heterocycles. The van der Waals surface area contributed by atoms with Crippen molar-refractivity contribution in [3.63, 3.8) is 0 Å². The van der Waals surface area contributed by atoms with E-state index in [-0.39, 0.29) is 30.4 Å². The van der Waals surface area contributed by atoms with Gasteiger partial charge in [-0.1, -0.05) is 20.8 Å². The van der Waals surface area contributed by atoms with Crippen LogP contribution < -0.4 is 17.2 Å². The third-order valence-electron chi connectivity index (χ3n) is 4.86. The monoisotopic (exact) mass is 273 g/mol. The number of aliphatic imine (C=N–C) groups is 2. The molecule has 104 valence electrons. The van der Waals surface area contributed by atoms with Crippen LogP contribution in [0, 0.1) is 23.2 Å². The van der Waals surface area contributed by atoms with Crippen LogP contribution in [0.1, 0.15) is 33.6 Å². The molecule has 18 heavy (non-hydrogen) atoms. The minimum Gasteiger partial charge on any atom is -0.370 e. The molecule has 3 aliphatic carbocycles.